The minimum atomic E-state index is -0.399. The Morgan fingerprint density at radius 1 is 1.20 bits per heavy atom. The number of carbonyl (C=O) groups is 2. The lowest BCUT2D eigenvalue weighted by Crippen LogP contribution is -1.93. The monoisotopic (exact) mass is 226 g/mol. The first-order chi connectivity index (χ1) is 6.76. The third kappa shape index (κ3) is 4.42. The van der Waals surface area contributed by atoms with Crippen molar-refractivity contribution >= 4 is 30.7 Å². The Morgan fingerprint density at radius 3 is 2.20 bits per heavy atom. The molecule has 4 heteroatoms. The fraction of sp³-hybridized carbons (Fsp3) is 0.0909. The van der Waals surface area contributed by atoms with Crippen LogP contribution in [0.1, 0.15) is 15.9 Å². The molecule has 0 aromatic heterocycles. The van der Waals surface area contributed by atoms with Gasteiger partial charge in [-0.1, -0.05) is 24.3 Å². The molecule has 0 aliphatic carbocycles. The quantitative estimate of drug-likeness (QED) is 0.450. The molecule has 0 bridgehead atoms. The molecule has 0 saturated carbocycles. The van der Waals surface area contributed by atoms with E-state index in [0.29, 0.717) is 5.56 Å². The third-order valence-electron chi connectivity index (χ3n) is 1.69. The van der Waals surface area contributed by atoms with Crippen LogP contribution in [-0.4, -0.2) is 19.4 Å². The maximum atomic E-state index is 10.7. The van der Waals surface area contributed by atoms with Gasteiger partial charge in [0.15, 0.2) is 0 Å². The fourth-order valence-corrected chi connectivity index (χ4v) is 0.918. The van der Waals surface area contributed by atoms with Crippen molar-refractivity contribution < 1.29 is 14.3 Å². The molecular formula is C11H11ClO3. The molecule has 3 nitrogen and oxygen atoms in total. The van der Waals surface area contributed by atoms with Crippen LogP contribution >= 0.6 is 12.4 Å². The summed E-state index contributed by atoms with van der Waals surface area (Å²) in [5.41, 5.74) is 1.46. The number of benzene rings is 1. The molecule has 0 spiro atoms. The average Bonchev–Trinajstić information content (AvgIpc) is 2.26. The molecule has 0 aliphatic rings. The second-order valence-electron chi connectivity index (χ2n) is 2.64. The molecule has 0 unspecified atom stereocenters. The van der Waals surface area contributed by atoms with E-state index in [2.05, 4.69) is 4.74 Å². The normalized spacial score (nSPS) is 9.40. The predicted octanol–water partition coefficient (Wildman–Crippen LogP) is 2.11. The first kappa shape index (κ1) is 13.4. The van der Waals surface area contributed by atoms with Gasteiger partial charge < -0.3 is 4.74 Å². The highest BCUT2D eigenvalue weighted by Gasteiger charge is 1.92. The van der Waals surface area contributed by atoms with E-state index in [1.54, 1.807) is 30.3 Å². The van der Waals surface area contributed by atoms with Crippen molar-refractivity contribution in [3.05, 3.63) is 41.5 Å². The second-order valence-corrected chi connectivity index (χ2v) is 2.64. The van der Waals surface area contributed by atoms with E-state index >= 15 is 0 Å². The number of methoxy groups -OCH3 is 1. The summed E-state index contributed by atoms with van der Waals surface area (Å²) in [6.07, 6.45) is 3.73. The standard InChI is InChI=1S/C11H10O3.ClH/c1-14-11(13)7-6-9-2-4-10(8-12)5-3-9;/h2-8H,1H3;1H. The third-order valence-corrected chi connectivity index (χ3v) is 1.69. The maximum absolute atomic E-state index is 10.7. The van der Waals surface area contributed by atoms with E-state index in [4.69, 9.17) is 0 Å². The highest BCUT2D eigenvalue weighted by Crippen LogP contribution is 2.04. The second kappa shape index (κ2) is 6.79. The molecule has 15 heavy (non-hydrogen) atoms. The number of carbonyl (C=O) groups excluding carboxylic acids is 2. The van der Waals surface area contributed by atoms with Gasteiger partial charge in [0.05, 0.1) is 7.11 Å². The van der Waals surface area contributed by atoms with Gasteiger partial charge in [-0.3, -0.25) is 4.79 Å². The molecule has 80 valence electrons. The molecule has 0 radical (unpaired) electrons. The van der Waals surface area contributed by atoms with Gasteiger partial charge in [-0.2, -0.15) is 0 Å². The van der Waals surface area contributed by atoms with Gasteiger partial charge in [0.2, 0.25) is 0 Å². The van der Waals surface area contributed by atoms with Gasteiger partial charge in [-0.05, 0) is 11.6 Å². The summed E-state index contributed by atoms with van der Waals surface area (Å²) in [5, 5.41) is 0. The minimum Gasteiger partial charge on any atom is -0.466 e. The summed E-state index contributed by atoms with van der Waals surface area (Å²) in [7, 11) is 1.32. The Kier molecular flexibility index (Phi) is 6.06. The number of hydrogen-bond acceptors (Lipinski definition) is 3. The molecule has 0 saturated heterocycles. The van der Waals surface area contributed by atoms with Crippen molar-refractivity contribution in [2.75, 3.05) is 7.11 Å². The van der Waals surface area contributed by atoms with Crippen LogP contribution in [0.5, 0.6) is 0 Å². The molecule has 1 aromatic carbocycles. The van der Waals surface area contributed by atoms with Crippen LogP contribution in [0.2, 0.25) is 0 Å². The summed E-state index contributed by atoms with van der Waals surface area (Å²) in [6, 6.07) is 6.88. The Bertz CT molecular complexity index is 355. The van der Waals surface area contributed by atoms with Gasteiger partial charge >= 0.3 is 5.97 Å². The van der Waals surface area contributed by atoms with Crippen LogP contribution in [0.15, 0.2) is 30.3 Å². The summed E-state index contributed by atoms with van der Waals surface area (Å²) in [5.74, 6) is -0.399. The molecule has 0 amide bonds. The zero-order valence-electron chi connectivity index (χ0n) is 8.17. The molecule has 1 rings (SSSR count). The number of aldehydes is 1. The molecule has 1 aromatic rings. The number of halogens is 1. The first-order valence-electron chi connectivity index (χ1n) is 4.07. The van der Waals surface area contributed by atoms with E-state index in [0.717, 1.165) is 11.8 Å². The van der Waals surface area contributed by atoms with Crippen molar-refractivity contribution in [2.45, 2.75) is 0 Å². The van der Waals surface area contributed by atoms with E-state index in [1.807, 2.05) is 0 Å². The molecule has 0 atom stereocenters. The zero-order chi connectivity index (χ0) is 10.4. The van der Waals surface area contributed by atoms with Crippen LogP contribution in [-0.2, 0) is 9.53 Å². The van der Waals surface area contributed by atoms with Crippen LogP contribution < -0.4 is 0 Å². The van der Waals surface area contributed by atoms with Crippen LogP contribution in [0.4, 0.5) is 0 Å². The lowest BCUT2D eigenvalue weighted by molar-refractivity contribution is -0.134. The number of esters is 1. The molecule has 0 aliphatic heterocycles. The summed E-state index contributed by atoms with van der Waals surface area (Å²) in [4.78, 5) is 21.1. The average molecular weight is 227 g/mol. The van der Waals surface area contributed by atoms with Crippen molar-refractivity contribution in [1.82, 2.24) is 0 Å². The van der Waals surface area contributed by atoms with Crippen LogP contribution in [0, 0.1) is 0 Å². The van der Waals surface area contributed by atoms with Crippen molar-refractivity contribution in [2.24, 2.45) is 0 Å². The summed E-state index contributed by atoms with van der Waals surface area (Å²) >= 11 is 0. The van der Waals surface area contributed by atoms with E-state index < -0.39 is 5.97 Å². The lowest BCUT2D eigenvalue weighted by Gasteiger charge is -1.93. The summed E-state index contributed by atoms with van der Waals surface area (Å²) in [6.45, 7) is 0. The van der Waals surface area contributed by atoms with Gasteiger partial charge in [-0.15, -0.1) is 12.4 Å². The highest BCUT2D eigenvalue weighted by atomic mass is 35.5. The van der Waals surface area contributed by atoms with Crippen LogP contribution in [0.25, 0.3) is 6.08 Å². The number of ether oxygens (including phenoxy) is 1. The Balaban J connectivity index is 0.00000196. The van der Waals surface area contributed by atoms with E-state index in [1.165, 1.54) is 13.2 Å². The van der Waals surface area contributed by atoms with Crippen LogP contribution in [0.3, 0.4) is 0 Å². The largest absolute Gasteiger partial charge is 0.466 e. The SMILES string of the molecule is COC(=O)C=Cc1ccc(C=O)cc1.Cl. The minimum absolute atomic E-state index is 0. The summed E-state index contributed by atoms with van der Waals surface area (Å²) < 4.78 is 4.43. The van der Waals surface area contributed by atoms with Crippen molar-refractivity contribution in [3.63, 3.8) is 0 Å². The maximum Gasteiger partial charge on any atom is 0.330 e. The molecular weight excluding hydrogens is 216 g/mol. The van der Waals surface area contributed by atoms with Gasteiger partial charge in [-0.25, -0.2) is 4.79 Å². The van der Waals surface area contributed by atoms with Gasteiger partial charge in [0.25, 0.3) is 0 Å². The van der Waals surface area contributed by atoms with E-state index in [-0.39, 0.29) is 12.4 Å². The molecule has 0 heterocycles. The Hall–Kier alpha value is -1.61. The van der Waals surface area contributed by atoms with Crippen molar-refractivity contribution in [1.29, 1.82) is 0 Å². The lowest BCUT2D eigenvalue weighted by atomic mass is 10.1. The molecule has 0 fully saturated rings. The van der Waals surface area contributed by atoms with Gasteiger partial charge in [0.1, 0.15) is 6.29 Å². The number of hydrogen-bond donors (Lipinski definition) is 0. The first-order valence-corrected chi connectivity index (χ1v) is 4.07. The topological polar surface area (TPSA) is 43.4 Å². The van der Waals surface area contributed by atoms with Gasteiger partial charge in [0, 0.05) is 11.6 Å². The molecule has 0 N–H and O–H groups in total. The fourth-order valence-electron chi connectivity index (χ4n) is 0.918. The van der Waals surface area contributed by atoms with E-state index in [9.17, 15) is 9.59 Å². The highest BCUT2D eigenvalue weighted by molar-refractivity contribution is 5.87. The predicted molar refractivity (Wildman–Crippen MR) is 60.1 cm³/mol. The Labute approximate surface area is 94.2 Å². The van der Waals surface area contributed by atoms with Crippen molar-refractivity contribution in [3.8, 4) is 0 Å². The smallest absolute Gasteiger partial charge is 0.330 e. The zero-order valence-corrected chi connectivity index (χ0v) is 8.99. The number of rotatable bonds is 3. The Morgan fingerprint density at radius 2 is 1.73 bits per heavy atom.